The van der Waals surface area contributed by atoms with Gasteiger partial charge in [0.25, 0.3) is 6.71 Å². The summed E-state index contributed by atoms with van der Waals surface area (Å²) in [5, 5.41) is 8.55. The lowest BCUT2D eigenvalue weighted by Crippen LogP contribution is -2.75. The van der Waals surface area contributed by atoms with Crippen LogP contribution in [0.3, 0.4) is 0 Å². The van der Waals surface area contributed by atoms with E-state index in [1.807, 2.05) is 66.7 Å². The molecule has 0 radical (unpaired) electrons. The average molecular weight is 1400 g/mol. The number of anilines is 3. The van der Waals surface area contributed by atoms with Crippen LogP contribution in [-0.4, -0.2) is 27.4 Å². The number of aromatic nitrogens is 1. The maximum atomic E-state index is 9.87. The van der Waals surface area contributed by atoms with Gasteiger partial charge in [0, 0.05) is 33.8 Å². The van der Waals surface area contributed by atoms with E-state index in [1.54, 1.807) is 4.57 Å². The number of hydrogen-bond donors (Lipinski definition) is 0. The van der Waals surface area contributed by atoms with Gasteiger partial charge in [0.2, 0.25) is 0 Å². The van der Waals surface area contributed by atoms with Gasteiger partial charge in [0.05, 0.1) is 40.2 Å². The van der Waals surface area contributed by atoms with E-state index in [1.165, 1.54) is 0 Å². The molecule has 17 aromatic rings. The van der Waals surface area contributed by atoms with Crippen molar-refractivity contribution >= 4 is 120 Å². The van der Waals surface area contributed by atoms with Gasteiger partial charge in [-0.05, 0) is 150 Å². The largest absolute Gasteiger partial charge is 0.458 e. The van der Waals surface area contributed by atoms with E-state index in [2.05, 4.69) is 280 Å². The molecular formula is C100H75BN2OSi2. The van der Waals surface area contributed by atoms with Gasteiger partial charge in [0.1, 0.15) is 11.5 Å². The summed E-state index contributed by atoms with van der Waals surface area (Å²) in [6.07, 6.45) is 0. The highest BCUT2D eigenvalue weighted by atomic mass is 28.3. The molecule has 0 aliphatic carbocycles. The van der Waals surface area contributed by atoms with E-state index in [0.29, 0.717) is 28.4 Å². The van der Waals surface area contributed by atoms with Crippen LogP contribution in [0.5, 0.6) is 11.5 Å². The van der Waals surface area contributed by atoms with Gasteiger partial charge in [-0.25, -0.2) is 0 Å². The second kappa shape index (κ2) is 26.3. The van der Waals surface area contributed by atoms with Crippen LogP contribution in [-0.2, 0) is 5.41 Å². The minimum atomic E-state index is -3.42. The molecule has 0 fully saturated rings. The van der Waals surface area contributed by atoms with Crippen molar-refractivity contribution in [1.29, 1.82) is 0 Å². The van der Waals surface area contributed by atoms with E-state index >= 15 is 0 Å². The SMILES string of the molecule is [2H]c1c([2H])c([2H])c(-c2cccc([Si](c3ccccc3)(c3ccccc3)c3ccc(-c4ccc5c(c4)B4c6ccc([Si](c7ccccc7)(c7ccccc7)c7cccc(-c8ccccc8)c7)cc6Oc6cc(-n7c8c([2H])c([2H])c([2H])c([2H])c8c8c([2H])c([2H])c([2H])c([2H])c87)cc(c64)N5c4ccc(C(C)(C)C)cc4-c4ccccc4)cc3)c2)c([2H])c1[2H]. The Hall–Kier alpha value is -12.6. The molecule has 2 aliphatic heterocycles. The molecule has 0 spiro atoms. The van der Waals surface area contributed by atoms with Gasteiger partial charge in [-0.15, -0.1) is 0 Å². The fraction of sp³-hybridized carbons (Fsp3) is 0.0400. The first kappa shape index (κ1) is 51.5. The van der Waals surface area contributed by atoms with Crippen molar-refractivity contribution in [2.45, 2.75) is 26.2 Å². The monoisotopic (exact) mass is 1400 g/mol. The molecule has 0 N–H and O–H groups in total. The van der Waals surface area contributed by atoms with Crippen LogP contribution in [0.2, 0.25) is 0 Å². The third-order valence-corrected chi connectivity index (χ3v) is 31.2. The van der Waals surface area contributed by atoms with Crippen LogP contribution in [0.1, 0.15) is 44.2 Å². The Balaban J connectivity index is 0.895. The maximum absolute atomic E-state index is 9.87. The first-order valence-electron chi connectivity index (χ1n) is 42.4. The molecule has 0 amide bonds. The molecule has 1 aromatic heterocycles. The molecule has 0 bridgehead atoms. The fourth-order valence-electron chi connectivity index (χ4n) is 16.8. The van der Waals surface area contributed by atoms with Crippen LogP contribution < -0.4 is 67.5 Å². The summed E-state index contributed by atoms with van der Waals surface area (Å²) in [5.74, 6) is 0.989. The van der Waals surface area contributed by atoms with Crippen LogP contribution in [0.25, 0.3) is 72.0 Å². The molecule has 0 saturated carbocycles. The van der Waals surface area contributed by atoms with Crippen molar-refractivity contribution in [3.8, 4) is 61.7 Å². The Bertz CT molecular complexity index is 6800. The van der Waals surface area contributed by atoms with E-state index < -0.39 is 89.3 Å². The molecule has 16 aromatic carbocycles. The predicted octanol–water partition coefficient (Wildman–Crippen LogP) is 17.9. The number of para-hydroxylation sites is 2. The molecule has 2 aliphatic rings. The molecule has 0 saturated heterocycles. The standard InChI is InChI=1S/C100H75BN2OSi2/c1-100(2,3)77-56-62-94(89(66-77)73-35-15-6-16-36-73)103-95-61-55-76(72-53-57-83(58-54-72)105(79-39-17-7-18-40-79,80-41-19-8-20-42-80)84-47-29-37-74(63-84)70-31-11-4-12-32-70)65-91(95)101-90-60-59-86(69-97(90)104-98-68-78(67-96(103)99(98)101)102-92-51-27-25-49-87(92)88-50-26-28-52-93(88)102)106(81-43-21-9-22-44-81,82-45-23-10-24-46-82)85-48-30-38-75(64-85)71-33-13-5-14-34-71/h4-69H,1-3H3/i4D,11D,12D,25D,26D,27D,28D,31D,32D,49D,50D,51D,52D. The van der Waals surface area contributed by atoms with E-state index in [9.17, 15) is 8.22 Å². The zero-order chi connectivity index (χ0) is 82.2. The Morgan fingerprint density at radius 2 is 0.745 bits per heavy atom. The first-order chi connectivity index (χ1) is 57.6. The van der Waals surface area contributed by atoms with Gasteiger partial charge >= 0.3 is 0 Å². The molecule has 6 heteroatoms. The highest BCUT2D eigenvalue weighted by Gasteiger charge is 2.47. The van der Waals surface area contributed by atoms with Crippen molar-refractivity contribution in [3.05, 3.63) is 406 Å². The van der Waals surface area contributed by atoms with E-state index in [4.69, 9.17) is 14.3 Å². The highest BCUT2D eigenvalue weighted by Crippen LogP contribution is 2.48. The number of hydrogen-bond acceptors (Lipinski definition) is 2. The van der Waals surface area contributed by atoms with Gasteiger partial charge in [-0.1, -0.05) is 372 Å². The summed E-state index contributed by atoms with van der Waals surface area (Å²) in [6, 6.07) is 107. The number of nitrogens with zero attached hydrogens (tertiary/aromatic N) is 2. The van der Waals surface area contributed by atoms with Crippen molar-refractivity contribution in [2.24, 2.45) is 0 Å². The zero-order valence-corrected chi connectivity index (χ0v) is 60.5. The summed E-state index contributed by atoms with van der Waals surface area (Å²) in [5.41, 5.74) is 12.5. The van der Waals surface area contributed by atoms with E-state index in [-0.39, 0.29) is 44.9 Å². The normalized spacial score (nSPS) is 14.2. The predicted molar refractivity (Wildman–Crippen MR) is 454 cm³/mol. The van der Waals surface area contributed by atoms with Gasteiger partial charge in [-0.2, -0.15) is 0 Å². The lowest BCUT2D eigenvalue weighted by molar-refractivity contribution is 0.487. The zero-order valence-electron chi connectivity index (χ0n) is 71.5. The van der Waals surface area contributed by atoms with Crippen molar-refractivity contribution in [2.75, 3.05) is 4.90 Å². The Morgan fingerprint density at radius 3 is 1.31 bits per heavy atom. The van der Waals surface area contributed by atoms with Crippen molar-refractivity contribution in [3.63, 3.8) is 0 Å². The average Bonchev–Trinajstić information content (AvgIpc) is 1.62. The molecular weight excluding hydrogens is 1310 g/mol. The summed E-state index contributed by atoms with van der Waals surface area (Å²) in [4.78, 5) is 2.28. The van der Waals surface area contributed by atoms with Gasteiger partial charge in [-0.3, -0.25) is 0 Å². The molecule has 0 unspecified atom stereocenters. The van der Waals surface area contributed by atoms with Crippen LogP contribution in [0.15, 0.2) is 400 Å². The quantitative estimate of drug-likeness (QED) is 0.0797. The third kappa shape index (κ3) is 10.7. The molecule has 19 rings (SSSR count). The number of rotatable bonds is 14. The summed E-state index contributed by atoms with van der Waals surface area (Å²) in [6.45, 7) is 6.02. The number of fused-ring (bicyclic) bond motifs is 7. The second-order valence-electron chi connectivity index (χ2n) is 28.5. The van der Waals surface area contributed by atoms with Crippen LogP contribution >= 0.6 is 0 Å². The summed E-state index contributed by atoms with van der Waals surface area (Å²) >= 11 is 0. The van der Waals surface area contributed by atoms with Crippen LogP contribution in [0, 0.1) is 0 Å². The lowest BCUT2D eigenvalue weighted by Gasteiger charge is -2.42. The topological polar surface area (TPSA) is 17.4 Å². The Kier molecular flexibility index (Phi) is 12.8. The highest BCUT2D eigenvalue weighted by molar-refractivity contribution is 7.20. The Morgan fingerprint density at radius 1 is 0.311 bits per heavy atom. The minimum Gasteiger partial charge on any atom is -0.458 e. The first-order valence-corrected chi connectivity index (χ1v) is 39.9. The van der Waals surface area contributed by atoms with Gasteiger partial charge in [0.15, 0.2) is 16.1 Å². The number of benzene rings is 16. The van der Waals surface area contributed by atoms with E-state index in [0.717, 1.165) is 108 Å². The van der Waals surface area contributed by atoms with Crippen molar-refractivity contribution < 1.29 is 22.6 Å². The maximum Gasteiger partial charge on any atom is 0.256 e. The van der Waals surface area contributed by atoms with Crippen molar-refractivity contribution in [1.82, 2.24) is 4.57 Å². The lowest BCUT2D eigenvalue weighted by atomic mass is 9.34. The number of ether oxygens (including phenoxy) is 1. The van der Waals surface area contributed by atoms with Crippen LogP contribution in [0.4, 0.5) is 17.1 Å². The smallest absolute Gasteiger partial charge is 0.256 e. The summed E-state index contributed by atoms with van der Waals surface area (Å²) < 4.78 is 129. The molecule has 502 valence electrons. The molecule has 3 heterocycles. The van der Waals surface area contributed by atoms with Gasteiger partial charge < -0.3 is 14.2 Å². The second-order valence-corrected chi connectivity index (χ2v) is 36.1. The Labute approximate surface area is 641 Å². The minimum absolute atomic E-state index is 0.0216. The fourth-order valence-corrected chi connectivity index (χ4v) is 26.3. The third-order valence-electron chi connectivity index (χ3n) is 21.6. The summed E-state index contributed by atoms with van der Waals surface area (Å²) in [7, 11) is -6.82. The molecule has 3 nitrogen and oxygen atoms in total. The molecule has 106 heavy (non-hydrogen) atoms. The molecule has 0 atom stereocenters.